The van der Waals surface area contributed by atoms with Gasteiger partial charge >= 0.3 is 0 Å². The smallest absolute Gasteiger partial charge is 0.165 e. The van der Waals surface area contributed by atoms with Crippen LogP contribution >= 0.6 is 0 Å². The molecule has 3 aromatic rings. The van der Waals surface area contributed by atoms with Gasteiger partial charge in [0.25, 0.3) is 0 Å². The second-order valence-corrected chi connectivity index (χ2v) is 4.16. The Labute approximate surface area is 102 Å². The first-order valence-electron chi connectivity index (χ1n) is 5.37. The predicted octanol–water partition coefficient (Wildman–Crippen LogP) is 2.82. The lowest BCUT2D eigenvalue weighted by Gasteiger charge is -2.08. The minimum atomic E-state index is -0.220. The van der Waals surface area contributed by atoms with Crippen molar-refractivity contribution >= 4 is 21.5 Å². The molecular weight excluding hydrogens is 232 g/mol. The van der Waals surface area contributed by atoms with Gasteiger partial charge in [0.15, 0.2) is 11.5 Å². The Morgan fingerprint density at radius 3 is 2.17 bits per heavy atom. The first-order valence-corrected chi connectivity index (χ1v) is 5.37. The SMILES string of the molecule is Oc1cc(O)c2c(ccc3c(O)c(O)ccc32)c1. The fourth-order valence-corrected chi connectivity index (χ4v) is 2.21. The summed E-state index contributed by atoms with van der Waals surface area (Å²) in [4.78, 5) is 0. The zero-order valence-corrected chi connectivity index (χ0v) is 9.25. The van der Waals surface area contributed by atoms with Crippen LogP contribution in [0, 0.1) is 0 Å². The van der Waals surface area contributed by atoms with E-state index in [0.29, 0.717) is 21.5 Å². The van der Waals surface area contributed by atoms with E-state index < -0.39 is 0 Å². The molecule has 0 heterocycles. The first-order chi connectivity index (χ1) is 8.58. The van der Waals surface area contributed by atoms with Crippen molar-refractivity contribution in [2.45, 2.75) is 0 Å². The summed E-state index contributed by atoms with van der Waals surface area (Å²) in [6.07, 6.45) is 0. The van der Waals surface area contributed by atoms with Crippen LogP contribution < -0.4 is 0 Å². The Morgan fingerprint density at radius 2 is 1.39 bits per heavy atom. The molecule has 0 aliphatic heterocycles. The van der Waals surface area contributed by atoms with E-state index in [2.05, 4.69) is 0 Å². The van der Waals surface area contributed by atoms with Crippen molar-refractivity contribution in [1.82, 2.24) is 0 Å². The molecule has 0 fully saturated rings. The van der Waals surface area contributed by atoms with Gasteiger partial charge in [-0.1, -0.05) is 6.07 Å². The monoisotopic (exact) mass is 242 g/mol. The Kier molecular flexibility index (Phi) is 2.01. The molecule has 4 nitrogen and oxygen atoms in total. The van der Waals surface area contributed by atoms with E-state index in [9.17, 15) is 20.4 Å². The van der Waals surface area contributed by atoms with Gasteiger partial charge in [-0.3, -0.25) is 0 Å². The second kappa shape index (κ2) is 3.43. The standard InChI is InChI=1S/C14H10O4/c15-8-5-7-1-2-10-9(13(7)12(17)6-8)3-4-11(16)14(10)18/h1-6,15-18H. The first kappa shape index (κ1) is 10.5. The van der Waals surface area contributed by atoms with Gasteiger partial charge in [-0.05, 0) is 35.0 Å². The number of aromatic hydroxyl groups is 4. The molecule has 0 saturated heterocycles. The van der Waals surface area contributed by atoms with Crippen LogP contribution in [-0.4, -0.2) is 20.4 Å². The van der Waals surface area contributed by atoms with E-state index in [1.165, 1.54) is 18.2 Å². The summed E-state index contributed by atoms with van der Waals surface area (Å²) in [7, 11) is 0. The molecule has 3 aromatic carbocycles. The number of hydrogen-bond acceptors (Lipinski definition) is 4. The molecule has 18 heavy (non-hydrogen) atoms. The molecule has 0 bridgehead atoms. The third-order valence-electron chi connectivity index (χ3n) is 3.03. The van der Waals surface area contributed by atoms with Gasteiger partial charge in [-0.25, -0.2) is 0 Å². The van der Waals surface area contributed by atoms with Gasteiger partial charge < -0.3 is 20.4 Å². The summed E-state index contributed by atoms with van der Waals surface area (Å²) >= 11 is 0. The average molecular weight is 242 g/mol. The maximum absolute atomic E-state index is 9.91. The van der Waals surface area contributed by atoms with Crippen LogP contribution in [0.1, 0.15) is 0 Å². The summed E-state index contributed by atoms with van der Waals surface area (Å²) < 4.78 is 0. The molecule has 0 spiro atoms. The molecule has 0 radical (unpaired) electrons. The molecule has 0 aliphatic carbocycles. The van der Waals surface area contributed by atoms with Crippen molar-refractivity contribution < 1.29 is 20.4 Å². The number of fused-ring (bicyclic) bond motifs is 3. The largest absolute Gasteiger partial charge is 0.508 e. The second-order valence-electron chi connectivity index (χ2n) is 4.16. The lowest BCUT2D eigenvalue weighted by molar-refractivity contribution is 0.408. The van der Waals surface area contributed by atoms with E-state index >= 15 is 0 Å². The van der Waals surface area contributed by atoms with Crippen LogP contribution in [0.15, 0.2) is 36.4 Å². The minimum absolute atomic E-state index is 0.0256. The Balaban J connectivity index is 2.58. The average Bonchev–Trinajstić information content (AvgIpc) is 2.32. The van der Waals surface area contributed by atoms with Crippen LogP contribution in [-0.2, 0) is 0 Å². The summed E-state index contributed by atoms with van der Waals surface area (Å²) in [6.45, 7) is 0. The number of phenolic OH excluding ortho intramolecular Hbond substituents is 4. The van der Waals surface area contributed by atoms with Gasteiger partial charge in [0.05, 0.1) is 0 Å². The highest BCUT2D eigenvalue weighted by Gasteiger charge is 2.11. The highest BCUT2D eigenvalue weighted by atomic mass is 16.3. The van der Waals surface area contributed by atoms with Crippen LogP contribution in [0.4, 0.5) is 0 Å². The van der Waals surface area contributed by atoms with E-state index in [4.69, 9.17) is 0 Å². The maximum atomic E-state index is 9.91. The molecule has 4 heteroatoms. The molecule has 90 valence electrons. The van der Waals surface area contributed by atoms with Crippen molar-refractivity contribution in [2.24, 2.45) is 0 Å². The normalized spacial score (nSPS) is 11.1. The molecule has 3 rings (SSSR count). The zero-order chi connectivity index (χ0) is 12.9. The molecule has 0 amide bonds. The van der Waals surface area contributed by atoms with Crippen LogP contribution in [0.3, 0.4) is 0 Å². The van der Waals surface area contributed by atoms with Gasteiger partial charge in [0.2, 0.25) is 0 Å². The van der Waals surface area contributed by atoms with Gasteiger partial charge in [-0.2, -0.15) is 0 Å². The summed E-state index contributed by atoms with van der Waals surface area (Å²) in [6, 6.07) is 9.04. The Morgan fingerprint density at radius 1 is 0.667 bits per heavy atom. The highest BCUT2D eigenvalue weighted by Crippen LogP contribution is 2.40. The third-order valence-corrected chi connectivity index (χ3v) is 3.03. The Bertz CT molecular complexity index is 778. The molecule has 0 aliphatic rings. The lowest BCUT2D eigenvalue weighted by atomic mass is 10.00. The number of phenols is 4. The molecular formula is C14H10O4. The molecule has 0 aromatic heterocycles. The third kappa shape index (κ3) is 1.32. The van der Waals surface area contributed by atoms with Crippen molar-refractivity contribution in [2.75, 3.05) is 0 Å². The molecule has 4 N–H and O–H groups in total. The minimum Gasteiger partial charge on any atom is -0.508 e. The van der Waals surface area contributed by atoms with E-state index in [1.807, 2.05) is 0 Å². The molecule has 0 saturated carbocycles. The summed E-state index contributed by atoms with van der Waals surface area (Å²) in [5.41, 5.74) is 0. The molecule has 0 unspecified atom stereocenters. The van der Waals surface area contributed by atoms with Gasteiger partial charge in [0.1, 0.15) is 11.5 Å². The topological polar surface area (TPSA) is 80.9 Å². The summed E-state index contributed by atoms with van der Waals surface area (Å²) in [5.74, 6) is -0.523. The van der Waals surface area contributed by atoms with Crippen molar-refractivity contribution in [3.63, 3.8) is 0 Å². The van der Waals surface area contributed by atoms with Gasteiger partial charge in [-0.15, -0.1) is 0 Å². The van der Waals surface area contributed by atoms with E-state index in [1.54, 1.807) is 18.2 Å². The Hall–Kier alpha value is -2.62. The predicted molar refractivity (Wildman–Crippen MR) is 68.1 cm³/mol. The van der Waals surface area contributed by atoms with Crippen molar-refractivity contribution in [3.8, 4) is 23.0 Å². The number of hydrogen-bond donors (Lipinski definition) is 4. The quantitative estimate of drug-likeness (QED) is 0.361. The van der Waals surface area contributed by atoms with Crippen molar-refractivity contribution in [1.29, 1.82) is 0 Å². The highest BCUT2D eigenvalue weighted by molar-refractivity contribution is 6.12. The zero-order valence-electron chi connectivity index (χ0n) is 9.25. The fourth-order valence-electron chi connectivity index (χ4n) is 2.21. The van der Waals surface area contributed by atoms with E-state index in [-0.39, 0.29) is 23.0 Å². The van der Waals surface area contributed by atoms with Crippen LogP contribution in [0.5, 0.6) is 23.0 Å². The number of rotatable bonds is 0. The lowest BCUT2D eigenvalue weighted by Crippen LogP contribution is -1.80. The van der Waals surface area contributed by atoms with Crippen molar-refractivity contribution in [3.05, 3.63) is 36.4 Å². The summed E-state index contributed by atoms with van der Waals surface area (Å²) in [5, 5.41) is 40.8. The van der Waals surface area contributed by atoms with E-state index in [0.717, 1.165) is 0 Å². The van der Waals surface area contributed by atoms with Crippen LogP contribution in [0.2, 0.25) is 0 Å². The molecule has 0 atom stereocenters. The fraction of sp³-hybridized carbons (Fsp3) is 0. The van der Waals surface area contributed by atoms with Gasteiger partial charge in [0, 0.05) is 16.8 Å². The number of benzene rings is 3. The van der Waals surface area contributed by atoms with Crippen LogP contribution in [0.25, 0.3) is 21.5 Å². The maximum Gasteiger partial charge on any atom is 0.165 e.